The standard InChI is InChI=1S/C14H29N/c1-2-3-4-5-6-11-14(12-15)13-9-7-8-10-13/h13-14H,2-12,15H2,1H3. The van der Waals surface area contributed by atoms with Gasteiger partial charge < -0.3 is 5.73 Å². The van der Waals surface area contributed by atoms with Gasteiger partial charge in [0, 0.05) is 0 Å². The molecule has 1 fully saturated rings. The number of hydrogen-bond donors (Lipinski definition) is 1. The van der Waals surface area contributed by atoms with Crippen LogP contribution < -0.4 is 5.73 Å². The van der Waals surface area contributed by atoms with Gasteiger partial charge in [-0.05, 0) is 24.8 Å². The van der Waals surface area contributed by atoms with E-state index in [0.29, 0.717) is 0 Å². The Kier molecular flexibility index (Phi) is 7.08. The Morgan fingerprint density at radius 2 is 1.73 bits per heavy atom. The highest BCUT2D eigenvalue weighted by Crippen LogP contribution is 2.33. The molecule has 0 aromatic carbocycles. The summed E-state index contributed by atoms with van der Waals surface area (Å²) in [6.45, 7) is 3.21. The van der Waals surface area contributed by atoms with Gasteiger partial charge in [0.15, 0.2) is 0 Å². The highest BCUT2D eigenvalue weighted by Gasteiger charge is 2.23. The summed E-state index contributed by atoms with van der Waals surface area (Å²) >= 11 is 0. The summed E-state index contributed by atoms with van der Waals surface area (Å²) in [4.78, 5) is 0. The normalized spacial score (nSPS) is 19.6. The molecule has 0 heterocycles. The zero-order chi connectivity index (χ0) is 10.9. The quantitative estimate of drug-likeness (QED) is 0.601. The third-order valence-electron chi connectivity index (χ3n) is 4.05. The van der Waals surface area contributed by atoms with Crippen molar-refractivity contribution < 1.29 is 0 Å². The SMILES string of the molecule is CCCCCCCC(CN)C1CCCC1. The zero-order valence-electron chi connectivity index (χ0n) is 10.5. The van der Waals surface area contributed by atoms with Gasteiger partial charge in [0.1, 0.15) is 0 Å². The summed E-state index contributed by atoms with van der Waals surface area (Å²) in [6, 6.07) is 0. The van der Waals surface area contributed by atoms with Crippen molar-refractivity contribution >= 4 is 0 Å². The fraction of sp³-hybridized carbons (Fsp3) is 1.00. The summed E-state index contributed by atoms with van der Waals surface area (Å²) in [5, 5.41) is 0. The van der Waals surface area contributed by atoms with E-state index in [1.54, 1.807) is 0 Å². The average molecular weight is 211 g/mol. The predicted octanol–water partition coefficient (Wildman–Crippen LogP) is 4.11. The first-order chi connectivity index (χ1) is 7.38. The Balaban J connectivity index is 2.05. The Labute approximate surface area is 95.8 Å². The second-order valence-electron chi connectivity index (χ2n) is 5.24. The van der Waals surface area contributed by atoms with E-state index >= 15 is 0 Å². The molecule has 0 radical (unpaired) electrons. The highest BCUT2D eigenvalue weighted by atomic mass is 14.6. The fourth-order valence-electron chi connectivity index (χ4n) is 2.98. The third kappa shape index (κ3) is 5.01. The monoisotopic (exact) mass is 211 g/mol. The Hall–Kier alpha value is -0.0400. The maximum atomic E-state index is 5.89. The van der Waals surface area contributed by atoms with Crippen molar-refractivity contribution in [3.8, 4) is 0 Å². The van der Waals surface area contributed by atoms with Crippen LogP contribution in [-0.4, -0.2) is 6.54 Å². The van der Waals surface area contributed by atoms with E-state index in [-0.39, 0.29) is 0 Å². The van der Waals surface area contributed by atoms with Crippen LogP contribution in [0.3, 0.4) is 0 Å². The van der Waals surface area contributed by atoms with E-state index in [1.165, 1.54) is 64.2 Å². The van der Waals surface area contributed by atoms with E-state index in [2.05, 4.69) is 6.92 Å². The Bertz CT molecular complexity index is 138. The van der Waals surface area contributed by atoms with Gasteiger partial charge in [-0.15, -0.1) is 0 Å². The van der Waals surface area contributed by atoms with Gasteiger partial charge in [-0.25, -0.2) is 0 Å². The van der Waals surface area contributed by atoms with E-state index in [9.17, 15) is 0 Å². The van der Waals surface area contributed by atoms with E-state index in [0.717, 1.165) is 18.4 Å². The molecule has 15 heavy (non-hydrogen) atoms. The molecule has 0 aromatic rings. The maximum Gasteiger partial charge on any atom is -0.00462 e. The van der Waals surface area contributed by atoms with E-state index in [4.69, 9.17) is 5.73 Å². The molecule has 1 aliphatic rings. The van der Waals surface area contributed by atoms with Gasteiger partial charge in [-0.1, -0.05) is 64.7 Å². The molecule has 0 saturated heterocycles. The van der Waals surface area contributed by atoms with Crippen LogP contribution in [0.25, 0.3) is 0 Å². The summed E-state index contributed by atoms with van der Waals surface area (Å²) in [5.41, 5.74) is 5.89. The molecule has 0 bridgehead atoms. The third-order valence-corrected chi connectivity index (χ3v) is 4.05. The van der Waals surface area contributed by atoms with Crippen LogP contribution >= 0.6 is 0 Å². The largest absolute Gasteiger partial charge is 0.330 e. The summed E-state index contributed by atoms with van der Waals surface area (Å²) in [7, 11) is 0. The molecular formula is C14H29N. The minimum Gasteiger partial charge on any atom is -0.330 e. The highest BCUT2D eigenvalue weighted by molar-refractivity contribution is 4.76. The molecule has 1 rings (SSSR count). The van der Waals surface area contributed by atoms with Crippen molar-refractivity contribution in [3.05, 3.63) is 0 Å². The van der Waals surface area contributed by atoms with Gasteiger partial charge in [0.25, 0.3) is 0 Å². The lowest BCUT2D eigenvalue weighted by Crippen LogP contribution is -2.21. The van der Waals surface area contributed by atoms with Crippen LogP contribution in [0.1, 0.15) is 71.1 Å². The van der Waals surface area contributed by atoms with Gasteiger partial charge in [-0.2, -0.15) is 0 Å². The molecule has 0 spiro atoms. The first kappa shape index (κ1) is 13.0. The topological polar surface area (TPSA) is 26.0 Å². The lowest BCUT2D eigenvalue weighted by atomic mass is 9.86. The Morgan fingerprint density at radius 3 is 2.33 bits per heavy atom. The van der Waals surface area contributed by atoms with Crippen molar-refractivity contribution in [2.75, 3.05) is 6.54 Å². The number of unbranched alkanes of at least 4 members (excludes halogenated alkanes) is 4. The lowest BCUT2D eigenvalue weighted by Gasteiger charge is -2.21. The Morgan fingerprint density at radius 1 is 1.07 bits per heavy atom. The van der Waals surface area contributed by atoms with Crippen molar-refractivity contribution in [3.63, 3.8) is 0 Å². The first-order valence-corrected chi connectivity index (χ1v) is 7.08. The first-order valence-electron chi connectivity index (χ1n) is 7.08. The van der Waals surface area contributed by atoms with Gasteiger partial charge in [0.2, 0.25) is 0 Å². The predicted molar refractivity (Wildman–Crippen MR) is 67.9 cm³/mol. The molecule has 1 nitrogen and oxygen atoms in total. The minimum atomic E-state index is 0.842. The van der Waals surface area contributed by atoms with Crippen LogP contribution in [0.4, 0.5) is 0 Å². The number of rotatable bonds is 8. The molecule has 1 atom stereocenters. The van der Waals surface area contributed by atoms with Crippen molar-refractivity contribution in [2.24, 2.45) is 17.6 Å². The molecule has 90 valence electrons. The van der Waals surface area contributed by atoms with Crippen LogP contribution in [0.2, 0.25) is 0 Å². The van der Waals surface area contributed by atoms with E-state index < -0.39 is 0 Å². The van der Waals surface area contributed by atoms with Gasteiger partial charge >= 0.3 is 0 Å². The summed E-state index contributed by atoms with van der Waals surface area (Å²) in [6.07, 6.45) is 14.3. The summed E-state index contributed by atoms with van der Waals surface area (Å²) < 4.78 is 0. The van der Waals surface area contributed by atoms with Crippen molar-refractivity contribution in [1.82, 2.24) is 0 Å². The van der Waals surface area contributed by atoms with Crippen LogP contribution in [0.15, 0.2) is 0 Å². The van der Waals surface area contributed by atoms with Crippen LogP contribution in [-0.2, 0) is 0 Å². The van der Waals surface area contributed by atoms with Crippen molar-refractivity contribution in [2.45, 2.75) is 71.1 Å². The number of nitrogens with two attached hydrogens (primary N) is 1. The van der Waals surface area contributed by atoms with Gasteiger partial charge in [0.05, 0.1) is 0 Å². The van der Waals surface area contributed by atoms with Gasteiger partial charge in [-0.3, -0.25) is 0 Å². The molecule has 0 aromatic heterocycles. The fourth-order valence-corrected chi connectivity index (χ4v) is 2.98. The smallest absolute Gasteiger partial charge is 0.00462 e. The second-order valence-corrected chi connectivity index (χ2v) is 5.24. The molecule has 0 aliphatic heterocycles. The van der Waals surface area contributed by atoms with E-state index in [1.807, 2.05) is 0 Å². The molecule has 0 amide bonds. The maximum absolute atomic E-state index is 5.89. The molecule has 1 heteroatoms. The second kappa shape index (κ2) is 8.15. The average Bonchev–Trinajstić information content (AvgIpc) is 2.77. The number of hydrogen-bond acceptors (Lipinski definition) is 1. The zero-order valence-corrected chi connectivity index (χ0v) is 10.5. The lowest BCUT2D eigenvalue weighted by molar-refractivity contribution is 0.315. The van der Waals surface area contributed by atoms with Crippen LogP contribution in [0.5, 0.6) is 0 Å². The molecule has 1 unspecified atom stereocenters. The molecule has 1 aliphatic carbocycles. The molecule has 2 N–H and O–H groups in total. The summed E-state index contributed by atoms with van der Waals surface area (Å²) in [5.74, 6) is 1.82. The minimum absolute atomic E-state index is 0.842. The molecular weight excluding hydrogens is 182 g/mol. The molecule has 1 saturated carbocycles. The van der Waals surface area contributed by atoms with Crippen molar-refractivity contribution in [1.29, 1.82) is 0 Å². The van der Waals surface area contributed by atoms with Crippen LogP contribution in [0, 0.1) is 11.8 Å².